The molecule has 4 nitrogen and oxygen atoms in total. The SMILES string of the molecule is Cc1ncc(NC(=O)OC(C)(C)C)c(C#CSI)c1F. The van der Waals surface area contributed by atoms with Gasteiger partial charge in [0, 0.05) is 21.2 Å². The zero-order chi connectivity index (χ0) is 15.3. The molecule has 0 unspecified atom stereocenters. The Balaban J connectivity index is 3.06. The van der Waals surface area contributed by atoms with Crippen LogP contribution in [0.3, 0.4) is 0 Å². The van der Waals surface area contributed by atoms with Gasteiger partial charge in [-0.05, 0) is 47.8 Å². The molecule has 0 spiro atoms. The number of aryl methyl sites for hydroxylation is 1. The highest BCUT2D eigenvalue weighted by Gasteiger charge is 2.18. The second-order valence-corrected chi connectivity index (χ2v) is 6.56. The maximum absolute atomic E-state index is 14.0. The summed E-state index contributed by atoms with van der Waals surface area (Å²) in [7, 11) is 1.23. The van der Waals surface area contributed by atoms with E-state index in [1.165, 1.54) is 22.1 Å². The molecule has 0 saturated carbocycles. The Hall–Kier alpha value is -1.01. The first kappa shape index (κ1) is 17.0. The molecular weight excluding hydrogens is 394 g/mol. The van der Waals surface area contributed by atoms with Crippen LogP contribution in [0.1, 0.15) is 32.0 Å². The van der Waals surface area contributed by atoms with Crippen molar-refractivity contribution in [3.8, 4) is 11.2 Å². The molecule has 0 atom stereocenters. The fraction of sp³-hybridized carbons (Fsp3) is 0.385. The van der Waals surface area contributed by atoms with Gasteiger partial charge in [-0.15, -0.1) is 0 Å². The van der Waals surface area contributed by atoms with Crippen LogP contribution in [0.2, 0.25) is 0 Å². The van der Waals surface area contributed by atoms with E-state index in [4.69, 9.17) is 4.74 Å². The van der Waals surface area contributed by atoms with E-state index in [-0.39, 0.29) is 16.9 Å². The number of pyridine rings is 1. The van der Waals surface area contributed by atoms with Gasteiger partial charge in [0.2, 0.25) is 0 Å². The molecule has 1 aromatic heterocycles. The molecular formula is C13H14FIN2O2S. The lowest BCUT2D eigenvalue weighted by molar-refractivity contribution is 0.0636. The number of hydrogen-bond donors (Lipinski definition) is 1. The number of carbonyl (C=O) groups excluding carboxylic acids is 1. The largest absolute Gasteiger partial charge is 0.444 e. The van der Waals surface area contributed by atoms with Gasteiger partial charge in [0.05, 0.1) is 23.1 Å². The van der Waals surface area contributed by atoms with Gasteiger partial charge in [0.1, 0.15) is 5.60 Å². The van der Waals surface area contributed by atoms with Gasteiger partial charge in [-0.2, -0.15) is 0 Å². The van der Waals surface area contributed by atoms with Crippen LogP contribution in [0.25, 0.3) is 0 Å². The Morgan fingerprint density at radius 3 is 2.75 bits per heavy atom. The lowest BCUT2D eigenvalue weighted by atomic mass is 10.2. The highest BCUT2D eigenvalue weighted by Crippen LogP contribution is 2.21. The average molecular weight is 408 g/mol. The van der Waals surface area contributed by atoms with Crippen molar-refractivity contribution in [3.05, 3.63) is 23.3 Å². The molecule has 0 aliphatic heterocycles. The fourth-order valence-corrected chi connectivity index (χ4v) is 1.75. The molecule has 1 heterocycles. The van der Waals surface area contributed by atoms with Crippen LogP contribution >= 0.6 is 30.1 Å². The number of nitrogens with zero attached hydrogens (tertiary/aromatic N) is 1. The molecule has 0 aliphatic carbocycles. The minimum absolute atomic E-state index is 0.104. The molecule has 0 saturated heterocycles. The quantitative estimate of drug-likeness (QED) is 0.557. The molecule has 0 radical (unpaired) electrons. The van der Waals surface area contributed by atoms with E-state index in [9.17, 15) is 9.18 Å². The second-order valence-electron chi connectivity index (χ2n) is 4.88. The van der Waals surface area contributed by atoms with Crippen LogP contribution in [0.15, 0.2) is 6.20 Å². The van der Waals surface area contributed by atoms with E-state index < -0.39 is 17.5 Å². The third-order valence-electron chi connectivity index (χ3n) is 2.04. The minimum atomic E-state index is -0.673. The number of halogens is 2. The van der Waals surface area contributed by atoms with Crippen molar-refractivity contribution in [1.29, 1.82) is 0 Å². The van der Waals surface area contributed by atoms with Crippen molar-refractivity contribution in [2.75, 3.05) is 5.32 Å². The van der Waals surface area contributed by atoms with Crippen molar-refractivity contribution < 1.29 is 13.9 Å². The lowest BCUT2D eigenvalue weighted by Gasteiger charge is -2.20. The van der Waals surface area contributed by atoms with E-state index in [1.54, 1.807) is 20.8 Å². The van der Waals surface area contributed by atoms with Crippen LogP contribution in [-0.4, -0.2) is 16.7 Å². The number of carbonyl (C=O) groups is 1. The highest BCUT2D eigenvalue weighted by atomic mass is 127. The summed E-state index contributed by atoms with van der Waals surface area (Å²) in [5, 5.41) is 5.15. The van der Waals surface area contributed by atoms with Crippen LogP contribution < -0.4 is 5.32 Å². The number of amides is 1. The van der Waals surface area contributed by atoms with E-state index in [0.717, 1.165) is 0 Å². The van der Waals surface area contributed by atoms with Crippen molar-refractivity contribution in [1.82, 2.24) is 4.98 Å². The summed E-state index contributed by atoms with van der Waals surface area (Å²) in [6.07, 6.45) is 0.692. The molecule has 0 bridgehead atoms. The first-order chi connectivity index (χ1) is 9.24. The van der Waals surface area contributed by atoms with Crippen LogP contribution in [0.4, 0.5) is 14.9 Å². The van der Waals surface area contributed by atoms with Gasteiger partial charge in [-0.1, -0.05) is 0 Å². The summed E-state index contributed by atoms with van der Waals surface area (Å²) in [5.74, 6) is 2.12. The molecule has 1 aromatic rings. The number of rotatable bonds is 1. The van der Waals surface area contributed by atoms with Gasteiger partial charge in [0.25, 0.3) is 0 Å². The molecule has 1 N–H and O–H groups in total. The minimum Gasteiger partial charge on any atom is -0.444 e. The first-order valence-corrected chi connectivity index (χ1v) is 9.04. The van der Waals surface area contributed by atoms with Gasteiger partial charge < -0.3 is 4.74 Å². The van der Waals surface area contributed by atoms with Crippen molar-refractivity contribution in [2.24, 2.45) is 0 Å². The predicted molar refractivity (Wildman–Crippen MR) is 87.3 cm³/mol. The topological polar surface area (TPSA) is 51.2 Å². The summed E-state index contributed by atoms with van der Waals surface area (Å²) in [4.78, 5) is 15.6. The third-order valence-corrected chi connectivity index (χ3v) is 2.88. The van der Waals surface area contributed by atoms with Crippen molar-refractivity contribution >= 4 is 41.9 Å². The summed E-state index contributed by atoms with van der Waals surface area (Å²) < 4.78 is 19.1. The molecule has 7 heteroatoms. The van der Waals surface area contributed by atoms with E-state index >= 15 is 0 Å². The first-order valence-electron chi connectivity index (χ1n) is 5.68. The maximum Gasteiger partial charge on any atom is 0.412 e. The van der Waals surface area contributed by atoms with Gasteiger partial charge in [-0.25, -0.2) is 9.18 Å². The maximum atomic E-state index is 14.0. The van der Waals surface area contributed by atoms with E-state index in [0.29, 0.717) is 0 Å². The molecule has 20 heavy (non-hydrogen) atoms. The molecule has 0 aliphatic rings. The third kappa shape index (κ3) is 5.17. The zero-order valence-electron chi connectivity index (χ0n) is 11.5. The average Bonchev–Trinajstić information content (AvgIpc) is 2.31. The Kier molecular flexibility index (Phi) is 6.07. The Bertz CT molecular complexity index is 576. The number of nitrogens with one attached hydrogen (secondary N) is 1. The lowest BCUT2D eigenvalue weighted by Crippen LogP contribution is -2.27. The normalized spacial score (nSPS) is 10.5. The summed E-state index contributed by atoms with van der Waals surface area (Å²) in [6.45, 7) is 6.77. The summed E-state index contributed by atoms with van der Waals surface area (Å²) in [5.41, 5.74) is -0.111. The van der Waals surface area contributed by atoms with Crippen molar-refractivity contribution in [2.45, 2.75) is 33.3 Å². The monoisotopic (exact) mass is 408 g/mol. The molecule has 0 fully saturated rings. The molecule has 0 aromatic carbocycles. The van der Waals surface area contributed by atoms with Gasteiger partial charge >= 0.3 is 6.09 Å². The number of anilines is 1. The number of hydrogen-bond acceptors (Lipinski definition) is 4. The number of ether oxygens (including phenoxy) is 1. The Morgan fingerprint density at radius 2 is 2.20 bits per heavy atom. The number of aromatic nitrogens is 1. The van der Waals surface area contributed by atoms with Gasteiger partial charge in [0.15, 0.2) is 5.82 Å². The zero-order valence-corrected chi connectivity index (χ0v) is 14.5. The van der Waals surface area contributed by atoms with Crippen LogP contribution in [0, 0.1) is 23.9 Å². The highest BCUT2D eigenvalue weighted by molar-refractivity contribution is 14.2. The van der Waals surface area contributed by atoms with Crippen LogP contribution in [-0.2, 0) is 4.74 Å². The van der Waals surface area contributed by atoms with Gasteiger partial charge in [-0.3, -0.25) is 10.3 Å². The predicted octanol–water partition coefficient (Wildman–Crippen LogP) is 4.27. The van der Waals surface area contributed by atoms with Crippen LogP contribution in [0.5, 0.6) is 0 Å². The Morgan fingerprint density at radius 1 is 1.55 bits per heavy atom. The molecule has 1 amide bonds. The Labute approximate surface area is 133 Å². The van der Waals surface area contributed by atoms with Crippen molar-refractivity contribution in [3.63, 3.8) is 0 Å². The van der Waals surface area contributed by atoms with E-state index in [1.807, 2.05) is 21.2 Å². The second kappa shape index (κ2) is 7.13. The van der Waals surface area contributed by atoms with E-state index in [2.05, 4.69) is 21.5 Å². The summed E-state index contributed by atoms with van der Waals surface area (Å²) in [6, 6.07) is 0. The summed E-state index contributed by atoms with van der Waals surface area (Å²) >= 11 is 1.98. The standard InChI is InChI=1S/C13H14FIN2O2S/c1-8-11(14)9(5-6-20-15)10(7-16-8)17-12(18)19-13(2,3)4/h7H,1-4H3,(H,17,18). The molecule has 108 valence electrons. The smallest absolute Gasteiger partial charge is 0.412 e. The fourth-order valence-electron chi connectivity index (χ4n) is 1.28. The molecule has 1 rings (SSSR count).